The molecule has 0 saturated carbocycles. The lowest BCUT2D eigenvalue weighted by atomic mass is 9.99. The monoisotopic (exact) mass is 223 g/mol. The summed E-state index contributed by atoms with van der Waals surface area (Å²) in [6.07, 6.45) is 1.28. The molecule has 0 radical (unpaired) electrons. The topological polar surface area (TPSA) is 72.4 Å². The van der Waals surface area contributed by atoms with Gasteiger partial charge in [-0.25, -0.2) is 0 Å². The van der Waals surface area contributed by atoms with E-state index in [-0.39, 0.29) is 18.0 Å². The van der Waals surface area contributed by atoms with Gasteiger partial charge in [0.25, 0.3) is 0 Å². The number of rotatable bonds is 1. The molecule has 1 aliphatic rings. The van der Waals surface area contributed by atoms with E-state index in [1.807, 2.05) is 0 Å². The lowest BCUT2D eigenvalue weighted by Gasteiger charge is -2.18. The first-order chi connectivity index (χ1) is 8.26. The SMILES string of the molecule is N#CC(=C=[N-])/C=C1/COc2ccccc2C1=O. The quantitative estimate of drug-likeness (QED) is 0.414. The Bertz CT molecular complexity index is 602. The second-order valence-electron chi connectivity index (χ2n) is 3.42. The Morgan fingerprint density at radius 2 is 2.24 bits per heavy atom. The van der Waals surface area contributed by atoms with Gasteiger partial charge in [-0.15, -0.1) is 0 Å². The minimum Gasteiger partial charge on any atom is -0.762 e. The molecule has 0 aliphatic carbocycles. The molecule has 0 aromatic heterocycles. The van der Waals surface area contributed by atoms with E-state index in [1.54, 1.807) is 36.2 Å². The Kier molecular flexibility index (Phi) is 2.87. The molecule has 4 heteroatoms. The third-order valence-corrected chi connectivity index (χ3v) is 2.37. The highest BCUT2D eigenvalue weighted by Gasteiger charge is 2.22. The van der Waals surface area contributed by atoms with E-state index in [0.29, 0.717) is 16.9 Å². The molecule has 0 bridgehead atoms. The van der Waals surface area contributed by atoms with Crippen molar-refractivity contribution in [3.05, 3.63) is 52.5 Å². The zero-order chi connectivity index (χ0) is 12.3. The van der Waals surface area contributed by atoms with Crippen molar-refractivity contribution in [2.24, 2.45) is 0 Å². The number of carbonyl (C=O) groups excluding carboxylic acids is 1. The van der Waals surface area contributed by atoms with Gasteiger partial charge in [0.2, 0.25) is 0 Å². The van der Waals surface area contributed by atoms with E-state index < -0.39 is 0 Å². The molecule has 2 rings (SSSR count). The van der Waals surface area contributed by atoms with Crippen LogP contribution < -0.4 is 4.74 Å². The smallest absolute Gasteiger partial charge is 0.196 e. The zero-order valence-electron chi connectivity index (χ0n) is 8.80. The Hall–Kier alpha value is -2.63. The second-order valence-corrected chi connectivity index (χ2v) is 3.42. The van der Waals surface area contributed by atoms with Crippen LogP contribution >= 0.6 is 0 Å². The Morgan fingerprint density at radius 3 is 2.94 bits per heavy atom. The second kappa shape index (κ2) is 4.48. The van der Waals surface area contributed by atoms with Crippen molar-refractivity contribution in [3.8, 4) is 11.8 Å². The summed E-state index contributed by atoms with van der Waals surface area (Å²) in [5.74, 6) is 2.05. The highest BCUT2D eigenvalue weighted by Crippen LogP contribution is 2.26. The van der Waals surface area contributed by atoms with Crippen LogP contribution in [0.1, 0.15) is 10.4 Å². The number of nitriles is 1. The molecule has 0 N–H and O–H groups in total. The van der Waals surface area contributed by atoms with E-state index in [2.05, 4.69) is 0 Å². The van der Waals surface area contributed by atoms with Gasteiger partial charge in [0, 0.05) is 5.57 Å². The molecular formula is C13H7N2O2-. The van der Waals surface area contributed by atoms with Gasteiger partial charge in [0.1, 0.15) is 18.4 Å². The van der Waals surface area contributed by atoms with Crippen molar-refractivity contribution < 1.29 is 9.53 Å². The molecule has 0 unspecified atom stereocenters. The molecule has 1 aromatic rings. The van der Waals surface area contributed by atoms with Crippen LogP contribution in [-0.2, 0) is 0 Å². The Balaban J connectivity index is 2.43. The third-order valence-electron chi connectivity index (χ3n) is 2.37. The normalized spacial score (nSPS) is 15.5. The summed E-state index contributed by atoms with van der Waals surface area (Å²) in [5.41, 5.74) is 0.679. The number of para-hydroxylation sites is 1. The Morgan fingerprint density at radius 1 is 1.47 bits per heavy atom. The molecule has 1 heterocycles. The first-order valence-corrected chi connectivity index (χ1v) is 4.90. The molecule has 1 aromatic carbocycles. The van der Waals surface area contributed by atoms with Crippen molar-refractivity contribution in [1.29, 1.82) is 5.26 Å². The van der Waals surface area contributed by atoms with Crippen LogP contribution in [0.3, 0.4) is 0 Å². The van der Waals surface area contributed by atoms with E-state index in [4.69, 9.17) is 15.4 Å². The summed E-state index contributed by atoms with van der Waals surface area (Å²) in [7, 11) is 0. The molecule has 0 fully saturated rings. The number of fused-ring (bicyclic) bond motifs is 1. The molecule has 4 nitrogen and oxygen atoms in total. The number of allylic oxidation sites excluding steroid dienone is 2. The van der Waals surface area contributed by atoms with E-state index in [9.17, 15) is 4.79 Å². The number of ether oxygens (including phenoxy) is 1. The van der Waals surface area contributed by atoms with E-state index in [1.165, 1.54) is 6.08 Å². The average Bonchev–Trinajstić information content (AvgIpc) is 2.38. The van der Waals surface area contributed by atoms with Crippen LogP contribution in [0, 0.1) is 11.3 Å². The van der Waals surface area contributed by atoms with E-state index >= 15 is 0 Å². The molecule has 0 amide bonds. The van der Waals surface area contributed by atoms with Gasteiger partial charge >= 0.3 is 0 Å². The molecule has 0 saturated heterocycles. The number of hydrogen-bond donors (Lipinski definition) is 0. The molecule has 1 aliphatic heterocycles. The van der Waals surface area contributed by atoms with Gasteiger partial charge in [-0.2, -0.15) is 5.26 Å². The number of Topliss-reactive ketones (excluding diaryl/α,β-unsaturated/α-hetero) is 1. The molecular weight excluding hydrogens is 216 g/mol. The minimum atomic E-state index is -0.199. The Labute approximate surface area is 98.0 Å². The predicted octanol–water partition coefficient (Wildman–Crippen LogP) is 1.88. The van der Waals surface area contributed by atoms with Crippen LogP contribution in [0.5, 0.6) is 5.75 Å². The number of hydrogen-bond acceptors (Lipinski definition) is 3. The largest absolute Gasteiger partial charge is 0.762 e. The van der Waals surface area contributed by atoms with Crippen LogP contribution in [-0.4, -0.2) is 18.3 Å². The van der Waals surface area contributed by atoms with Gasteiger partial charge in [-0.1, -0.05) is 12.1 Å². The van der Waals surface area contributed by atoms with E-state index in [0.717, 1.165) is 0 Å². The van der Waals surface area contributed by atoms with Gasteiger partial charge in [0.15, 0.2) is 5.78 Å². The number of benzene rings is 1. The van der Waals surface area contributed by atoms with Crippen LogP contribution in [0.25, 0.3) is 5.41 Å². The summed E-state index contributed by atoms with van der Waals surface area (Å²) < 4.78 is 5.38. The lowest BCUT2D eigenvalue weighted by molar-refractivity contribution is 0.0999. The highest BCUT2D eigenvalue weighted by atomic mass is 16.5. The molecule has 82 valence electrons. The third kappa shape index (κ3) is 2.00. The highest BCUT2D eigenvalue weighted by molar-refractivity contribution is 6.12. The summed E-state index contributed by atoms with van der Waals surface area (Å²) in [6.45, 7) is 0.0860. The summed E-state index contributed by atoms with van der Waals surface area (Å²) >= 11 is 0. The van der Waals surface area contributed by atoms with Crippen LogP contribution in [0.15, 0.2) is 41.5 Å². The lowest BCUT2D eigenvalue weighted by Crippen LogP contribution is -2.19. The molecule has 0 atom stereocenters. The standard InChI is InChI=1S/C13H7N2O2/c14-6-9(7-15)5-10-8-17-12-4-2-1-3-11(12)13(10)16/h1-5H,8H2/q-1/b10-5-. The zero-order valence-corrected chi connectivity index (χ0v) is 8.80. The average molecular weight is 223 g/mol. The fourth-order valence-corrected chi connectivity index (χ4v) is 1.55. The van der Waals surface area contributed by atoms with Gasteiger partial charge in [-0.3, -0.25) is 10.7 Å². The summed E-state index contributed by atoms with van der Waals surface area (Å²) in [5, 5.41) is 17.3. The summed E-state index contributed by atoms with van der Waals surface area (Å²) in [6, 6.07) is 8.60. The van der Waals surface area contributed by atoms with Crippen molar-refractivity contribution in [2.45, 2.75) is 0 Å². The van der Waals surface area contributed by atoms with Crippen LogP contribution in [0.4, 0.5) is 0 Å². The van der Waals surface area contributed by atoms with Gasteiger partial charge < -0.3 is 10.1 Å². The number of ketones is 1. The fraction of sp³-hybridized carbons (Fsp3) is 0.0769. The van der Waals surface area contributed by atoms with Crippen molar-refractivity contribution in [2.75, 3.05) is 6.61 Å². The maximum Gasteiger partial charge on any atom is 0.196 e. The van der Waals surface area contributed by atoms with Gasteiger partial charge in [0.05, 0.1) is 11.1 Å². The first-order valence-electron chi connectivity index (χ1n) is 4.90. The predicted molar refractivity (Wildman–Crippen MR) is 61.8 cm³/mol. The molecule has 17 heavy (non-hydrogen) atoms. The van der Waals surface area contributed by atoms with Gasteiger partial charge in [-0.05, 0) is 18.2 Å². The number of nitrogens with zero attached hydrogens (tertiary/aromatic N) is 2. The minimum absolute atomic E-state index is 0.0860. The van der Waals surface area contributed by atoms with Crippen molar-refractivity contribution >= 4 is 11.7 Å². The van der Waals surface area contributed by atoms with Crippen molar-refractivity contribution in [1.82, 2.24) is 0 Å². The summed E-state index contributed by atoms with van der Waals surface area (Å²) in [4.78, 5) is 12.0. The van der Waals surface area contributed by atoms with Crippen molar-refractivity contribution in [3.63, 3.8) is 0 Å². The van der Waals surface area contributed by atoms with Crippen LogP contribution in [0.2, 0.25) is 0 Å². The first kappa shape index (κ1) is 10.9. The fourth-order valence-electron chi connectivity index (χ4n) is 1.55. The maximum atomic E-state index is 12.0. The number of carbonyl (C=O) groups is 1. The maximum absolute atomic E-state index is 12.0. The molecule has 0 spiro atoms.